The average molecular weight is 353 g/mol. The Morgan fingerprint density at radius 2 is 2.29 bits per heavy atom. The summed E-state index contributed by atoms with van der Waals surface area (Å²) >= 11 is 1.85. The van der Waals surface area contributed by atoms with E-state index in [1.54, 1.807) is 0 Å². The van der Waals surface area contributed by atoms with E-state index in [-0.39, 0.29) is 4.75 Å². The molecule has 136 valence electrons. The number of piperidine rings is 1. The summed E-state index contributed by atoms with van der Waals surface area (Å²) in [6.07, 6.45) is 8.53. The van der Waals surface area contributed by atoms with Gasteiger partial charge in [0, 0.05) is 43.7 Å². The zero-order valence-electron chi connectivity index (χ0n) is 15.7. The fourth-order valence-corrected chi connectivity index (χ4v) is 2.94. The van der Waals surface area contributed by atoms with E-state index in [4.69, 9.17) is 4.99 Å². The molecule has 1 aromatic heterocycles. The van der Waals surface area contributed by atoms with Crippen LogP contribution >= 0.6 is 11.8 Å². The first-order valence-electron chi connectivity index (χ1n) is 8.77. The Bertz CT molecular complexity index is 539. The number of hydrogen-bond donors (Lipinski definition) is 2. The first-order chi connectivity index (χ1) is 11.4. The average Bonchev–Trinajstić information content (AvgIpc) is 3.00. The van der Waals surface area contributed by atoms with Crippen molar-refractivity contribution in [1.82, 2.24) is 20.4 Å². The summed E-state index contributed by atoms with van der Waals surface area (Å²) < 4.78 is 2.03. The molecular weight excluding hydrogens is 320 g/mol. The summed E-state index contributed by atoms with van der Waals surface area (Å²) in [5.74, 6) is 0.928. The third kappa shape index (κ3) is 5.61. The normalized spacial score (nSPS) is 19.5. The monoisotopic (exact) mass is 352 g/mol. The maximum absolute atomic E-state index is 4.79. The van der Waals surface area contributed by atoms with Gasteiger partial charge in [-0.3, -0.25) is 9.67 Å². The lowest BCUT2D eigenvalue weighted by Crippen LogP contribution is -2.51. The summed E-state index contributed by atoms with van der Waals surface area (Å²) in [7, 11) is 1.96. The lowest BCUT2D eigenvalue weighted by molar-refractivity contribution is 0.467. The van der Waals surface area contributed by atoms with Crippen molar-refractivity contribution in [2.75, 3.05) is 37.3 Å². The van der Waals surface area contributed by atoms with E-state index in [0.29, 0.717) is 6.04 Å². The molecule has 1 aromatic rings. The van der Waals surface area contributed by atoms with Crippen molar-refractivity contribution in [3.8, 4) is 0 Å². The van der Waals surface area contributed by atoms with Gasteiger partial charge in [-0.2, -0.15) is 16.9 Å². The van der Waals surface area contributed by atoms with Crippen LogP contribution in [0.25, 0.3) is 0 Å². The summed E-state index contributed by atoms with van der Waals surface area (Å²) in [5, 5.41) is 11.3. The van der Waals surface area contributed by atoms with Crippen molar-refractivity contribution in [3.05, 3.63) is 12.4 Å². The molecule has 1 unspecified atom stereocenters. The highest BCUT2D eigenvalue weighted by molar-refractivity contribution is 7.99. The van der Waals surface area contributed by atoms with Crippen LogP contribution in [0.4, 0.5) is 5.69 Å². The number of guanidine groups is 1. The van der Waals surface area contributed by atoms with Crippen LogP contribution in [0.1, 0.15) is 33.6 Å². The Labute approximate surface area is 150 Å². The lowest BCUT2D eigenvalue weighted by Gasteiger charge is -2.34. The van der Waals surface area contributed by atoms with Gasteiger partial charge in [-0.1, -0.05) is 0 Å². The molecule has 0 spiro atoms. The largest absolute Gasteiger partial charge is 0.367 e. The molecule has 7 heteroatoms. The number of nitrogens with zero attached hydrogens (tertiary/aromatic N) is 4. The third-order valence-electron chi connectivity index (χ3n) is 4.33. The minimum absolute atomic E-state index is 0.163. The molecule has 0 bridgehead atoms. The number of rotatable bonds is 6. The van der Waals surface area contributed by atoms with Crippen LogP contribution in [0, 0.1) is 0 Å². The number of aromatic nitrogens is 2. The Morgan fingerprint density at radius 3 is 2.92 bits per heavy atom. The van der Waals surface area contributed by atoms with Gasteiger partial charge >= 0.3 is 0 Å². The molecule has 0 saturated carbocycles. The fraction of sp³-hybridized carbons (Fsp3) is 0.765. The molecule has 1 saturated heterocycles. The molecular formula is C17H32N6S. The quantitative estimate of drug-likeness (QED) is 0.606. The summed E-state index contributed by atoms with van der Waals surface area (Å²) in [4.78, 5) is 7.20. The van der Waals surface area contributed by atoms with Gasteiger partial charge in [0.2, 0.25) is 0 Å². The van der Waals surface area contributed by atoms with Crippen LogP contribution in [0.2, 0.25) is 0 Å². The van der Waals surface area contributed by atoms with Crippen molar-refractivity contribution in [2.24, 2.45) is 12.0 Å². The second-order valence-corrected chi connectivity index (χ2v) is 8.47. The molecule has 0 aromatic carbocycles. The van der Waals surface area contributed by atoms with Gasteiger partial charge in [-0.15, -0.1) is 0 Å². The minimum Gasteiger partial charge on any atom is -0.367 e. The molecule has 1 atom stereocenters. The number of hydrogen-bond acceptors (Lipinski definition) is 4. The molecule has 1 aliphatic rings. The SMILES string of the molecule is CCNC(=NCC(C)(C)SC)NC1CCCN(c2cnn(C)c2)C1. The van der Waals surface area contributed by atoms with Gasteiger partial charge in [0.25, 0.3) is 0 Å². The van der Waals surface area contributed by atoms with Crippen LogP contribution in [-0.2, 0) is 7.05 Å². The highest BCUT2D eigenvalue weighted by Crippen LogP contribution is 2.21. The summed E-state index contributed by atoms with van der Waals surface area (Å²) in [6.45, 7) is 10.3. The number of thioether (sulfide) groups is 1. The van der Waals surface area contributed by atoms with Gasteiger partial charge in [-0.25, -0.2) is 0 Å². The predicted molar refractivity (Wildman–Crippen MR) is 105 cm³/mol. The molecule has 2 heterocycles. The first kappa shape index (κ1) is 19.0. The highest BCUT2D eigenvalue weighted by atomic mass is 32.2. The van der Waals surface area contributed by atoms with E-state index in [9.17, 15) is 0 Å². The number of aliphatic imine (C=N–C) groups is 1. The number of aryl methyl sites for hydroxylation is 1. The molecule has 2 rings (SSSR count). The van der Waals surface area contributed by atoms with E-state index < -0.39 is 0 Å². The standard InChI is InChI=1S/C17H32N6S/c1-6-18-16(19-13-17(2,3)24-5)21-14-8-7-9-23(11-14)15-10-20-22(4)12-15/h10,12,14H,6-9,11,13H2,1-5H3,(H2,18,19,21). The Hall–Kier alpha value is -1.37. The molecule has 2 N–H and O–H groups in total. The van der Waals surface area contributed by atoms with Crippen LogP contribution in [0.3, 0.4) is 0 Å². The molecule has 6 nitrogen and oxygen atoms in total. The van der Waals surface area contributed by atoms with Gasteiger partial charge in [0.05, 0.1) is 18.4 Å². The van der Waals surface area contributed by atoms with Gasteiger partial charge in [0.15, 0.2) is 5.96 Å². The van der Waals surface area contributed by atoms with Gasteiger partial charge < -0.3 is 15.5 Å². The zero-order chi connectivity index (χ0) is 17.6. The number of anilines is 1. The Kier molecular flexibility index (Phi) is 6.83. The molecule has 24 heavy (non-hydrogen) atoms. The van der Waals surface area contributed by atoms with Crippen molar-refractivity contribution in [2.45, 2.75) is 44.4 Å². The second kappa shape index (κ2) is 8.65. The number of nitrogens with one attached hydrogen (secondary N) is 2. The van der Waals surface area contributed by atoms with E-state index in [1.807, 2.05) is 29.7 Å². The van der Waals surface area contributed by atoms with Crippen molar-refractivity contribution < 1.29 is 0 Å². The van der Waals surface area contributed by atoms with Crippen LogP contribution in [0.15, 0.2) is 17.4 Å². The highest BCUT2D eigenvalue weighted by Gasteiger charge is 2.22. The third-order valence-corrected chi connectivity index (χ3v) is 5.57. The van der Waals surface area contributed by atoms with Crippen LogP contribution < -0.4 is 15.5 Å². The smallest absolute Gasteiger partial charge is 0.191 e. The summed E-state index contributed by atoms with van der Waals surface area (Å²) in [6, 6.07) is 0.411. The van der Waals surface area contributed by atoms with E-state index in [2.05, 4.69) is 53.9 Å². The Balaban J connectivity index is 1.96. The maximum Gasteiger partial charge on any atom is 0.191 e. The first-order valence-corrected chi connectivity index (χ1v) is 9.99. The zero-order valence-corrected chi connectivity index (χ0v) is 16.5. The van der Waals surface area contributed by atoms with Gasteiger partial charge in [-0.05, 0) is 39.9 Å². The van der Waals surface area contributed by atoms with Crippen LogP contribution in [-0.4, -0.2) is 59.0 Å². The second-order valence-electron chi connectivity index (χ2n) is 6.96. The molecule has 0 aliphatic carbocycles. The molecule has 0 radical (unpaired) electrons. The van der Waals surface area contributed by atoms with Crippen molar-refractivity contribution >= 4 is 23.4 Å². The van der Waals surface area contributed by atoms with Crippen molar-refractivity contribution in [3.63, 3.8) is 0 Å². The maximum atomic E-state index is 4.79. The molecule has 1 fully saturated rings. The van der Waals surface area contributed by atoms with Crippen molar-refractivity contribution in [1.29, 1.82) is 0 Å². The van der Waals surface area contributed by atoms with Gasteiger partial charge in [0.1, 0.15) is 0 Å². The lowest BCUT2D eigenvalue weighted by atomic mass is 10.1. The van der Waals surface area contributed by atoms with E-state index >= 15 is 0 Å². The summed E-state index contributed by atoms with van der Waals surface area (Å²) in [5.41, 5.74) is 1.20. The van der Waals surface area contributed by atoms with E-state index in [1.165, 1.54) is 18.5 Å². The molecule has 1 aliphatic heterocycles. The fourth-order valence-electron chi connectivity index (χ4n) is 2.75. The Morgan fingerprint density at radius 1 is 1.50 bits per heavy atom. The topological polar surface area (TPSA) is 57.5 Å². The molecule has 0 amide bonds. The minimum atomic E-state index is 0.163. The predicted octanol–water partition coefficient (Wildman–Crippen LogP) is 2.09. The van der Waals surface area contributed by atoms with E-state index in [0.717, 1.165) is 32.1 Å². The van der Waals surface area contributed by atoms with Crippen LogP contribution in [0.5, 0.6) is 0 Å².